The van der Waals surface area contributed by atoms with Gasteiger partial charge in [0.05, 0.1) is 10.6 Å². The van der Waals surface area contributed by atoms with E-state index >= 15 is 0 Å². The zero-order valence-electron chi connectivity index (χ0n) is 12.9. The summed E-state index contributed by atoms with van der Waals surface area (Å²) in [4.78, 5) is 21.8. The summed E-state index contributed by atoms with van der Waals surface area (Å²) >= 11 is 5.18. The fourth-order valence-electron chi connectivity index (χ4n) is 2.80. The Bertz CT molecular complexity index is 993. The number of rotatable bonds is 4. The van der Waals surface area contributed by atoms with Crippen molar-refractivity contribution in [1.82, 2.24) is 24.9 Å². The van der Waals surface area contributed by atoms with Crippen molar-refractivity contribution in [1.29, 1.82) is 0 Å². The van der Waals surface area contributed by atoms with Gasteiger partial charge in [-0.25, -0.2) is 15.0 Å². The molecule has 0 amide bonds. The van der Waals surface area contributed by atoms with Crippen LogP contribution in [0.3, 0.4) is 0 Å². The molecular formula is C17H14BrN5S. The monoisotopic (exact) mass is 399 g/mol. The lowest BCUT2D eigenvalue weighted by atomic mass is 9.99. The van der Waals surface area contributed by atoms with Gasteiger partial charge in [0, 0.05) is 40.6 Å². The van der Waals surface area contributed by atoms with Crippen LogP contribution >= 0.6 is 27.3 Å². The molecule has 0 aromatic carbocycles. The van der Waals surface area contributed by atoms with Crippen molar-refractivity contribution >= 4 is 38.3 Å². The summed E-state index contributed by atoms with van der Waals surface area (Å²) in [5.41, 5.74) is 2.94. The van der Waals surface area contributed by atoms with Crippen LogP contribution in [0.1, 0.15) is 29.8 Å². The van der Waals surface area contributed by atoms with Gasteiger partial charge in [0.2, 0.25) is 0 Å². The molecule has 4 rings (SSSR count). The number of pyridine rings is 1. The number of hydrogen-bond donors (Lipinski definition) is 1. The molecule has 0 aliphatic rings. The molecule has 0 bridgehead atoms. The lowest BCUT2D eigenvalue weighted by Gasteiger charge is -2.12. The van der Waals surface area contributed by atoms with Crippen molar-refractivity contribution in [2.45, 2.75) is 19.3 Å². The molecule has 0 fully saturated rings. The first-order valence-electron chi connectivity index (χ1n) is 7.61. The zero-order chi connectivity index (χ0) is 16.5. The van der Waals surface area contributed by atoms with Crippen molar-refractivity contribution in [3.05, 3.63) is 58.3 Å². The summed E-state index contributed by atoms with van der Waals surface area (Å²) in [6.07, 6.45) is 10.1. The van der Waals surface area contributed by atoms with Crippen LogP contribution in [0.25, 0.3) is 21.6 Å². The van der Waals surface area contributed by atoms with E-state index in [1.807, 2.05) is 24.7 Å². The van der Waals surface area contributed by atoms with Crippen molar-refractivity contribution < 1.29 is 0 Å². The molecule has 4 aromatic rings. The molecule has 0 saturated carbocycles. The summed E-state index contributed by atoms with van der Waals surface area (Å²) in [7, 11) is 0. The Morgan fingerprint density at radius 1 is 1.21 bits per heavy atom. The Hall–Kier alpha value is -2.12. The minimum Gasteiger partial charge on any atom is -0.346 e. The van der Waals surface area contributed by atoms with Gasteiger partial charge in [0.1, 0.15) is 17.0 Å². The van der Waals surface area contributed by atoms with Crippen molar-refractivity contribution in [3.8, 4) is 10.6 Å². The van der Waals surface area contributed by atoms with E-state index in [0.717, 1.165) is 37.5 Å². The normalized spacial score (nSPS) is 12.6. The van der Waals surface area contributed by atoms with Gasteiger partial charge in [-0.05, 0) is 40.0 Å². The number of aromatic nitrogens is 5. The third kappa shape index (κ3) is 2.74. The van der Waals surface area contributed by atoms with Crippen molar-refractivity contribution in [3.63, 3.8) is 0 Å². The molecule has 120 valence electrons. The number of nitrogens with one attached hydrogen (secondary N) is 1. The lowest BCUT2D eigenvalue weighted by molar-refractivity contribution is 0.764. The van der Waals surface area contributed by atoms with Gasteiger partial charge in [0.15, 0.2) is 0 Å². The first-order chi connectivity index (χ1) is 11.8. The molecule has 7 heteroatoms. The molecule has 0 spiro atoms. The molecule has 24 heavy (non-hydrogen) atoms. The molecule has 0 aliphatic carbocycles. The highest BCUT2D eigenvalue weighted by Crippen LogP contribution is 2.36. The van der Waals surface area contributed by atoms with Gasteiger partial charge < -0.3 is 4.98 Å². The summed E-state index contributed by atoms with van der Waals surface area (Å²) < 4.78 is 0.986. The first kappa shape index (κ1) is 15.4. The average molecular weight is 400 g/mol. The van der Waals surface area contributed by atoms with Crippen molar-refractivity contribution in [2.75, 3.05) is 0 Å². The number of thiazole rings is 1. The lowest BCUT2D eigenvalue weighted by Crippen LogP contribution is -1.99. The molecule has 4 aromatic heterocycles. The van der Waals surface area contributed by atoms with Crippen LogP contribution in [0.15, 0.2) is 47.7 Å². The fourth-order valence-corrected chi connectivity index (χ4v) is 4.32. The van der Waals surface area contributed by atoms with E-state index in [9.17, 15) is 0 Å². The smallest absolute Gasteiger partial charge is 0.141 e. The molecule has 1 atom stereocenters. The largest absolute Gasteiger partial charge is 0.346 e. The van der Waals surface area contributed by atoms with E-state index < -0.39 is 0 Å². The number of fused-ring (bicyclic) bond motifs is 1. The molecule has 1 unspecified atom stereocenters. The predicted octanol–water partition coefficient (Wildman–Crippen LogP) is 4.78. The summed E-state index contributed by atoms with van der Waals surface area (Å²) in [5.74, 6) is 0.234. The Balaban J connectivity index is 1.75. The number of hydrogen-bond acceptors (Lipinski definition) is 5. The summed E-state index contributed by atoms with van der Waals surface area (Å²) in [6.45, 7) is 2.17. The maximum absolute atomic E-state index is 4.67. The maximum Gasteiger partial charge on any atom is 0.141 e. The topological polar surface area (TPSA) is 67.3 Å². The Labute approximate surface area is 151 Å². The van der Waals surface area contributed by atoms with Crippen LogP contribution < -0.4 is 0 Å². The standard InChI is InChI=1S/C17H14BrN5S/c1-2-12(10-5-11(18)7-19-6-10)17-21-8-14(24-17)15-13-3-4-20-16(13)23-9-22-15/h3-9,12H,2H2,1H3,(H,20,22,23). The minimum atomic E-state index is 0.234. The van der Waals surface area contributed by atoms with Crippen LogP contribution in [0, 0.1) is 0 Å². The van der Waals surface area contributed by atoms with Crippen molar-refractivity contribution in [2.24, 2.45) is 0 Å². The molecular weight excluding hydrogens is 386 g/mol. The second kappa shape index (κ2) is 6.41. The van der Waals surface area contributed by atoms with E-state index in [1.54, 1.807) is 23.9 Å². The van der Waals surface area contributed by atoms with Crippen LogP contribution in [0.5, 0.6) is 0 Å². The molecule has 5 nitrogen and oxygen atoms in total. The number of halogens is 1. The Morgan fingerprint density at radius 2 is 2.12 bits per heavy atom. The second-order valence-electron chi connectivity index (χ2n) is 5.42. The van der Waals surface area contributed by atoms with Gasteiger partial charge in [-0.3, -0.25) is 4.98 Å². The minimum absolute atomic E-state index is 0.234. The highest BCUT2D eigenvalue weighted by Gasteiger charge is 2.19. The van der Waals surface area contributed by atoms with Gasteiger partial charge in [-0.15, -0.1) is 11.3 Å². The first-order valence-corrected chi connectivity index (χ1v) is 9.22. The zero-order valence-corrected chi connectivity index (χ0v) is 15.3. The van der Waals surface area contributed by atoms with Crippen LogP contribution in [0.4, 0.5) is 0 Å². The molecule has 0 aliphatic heterocycles. The van der Waals surface area contributed by atoms with Gasteiger partial charge in [-0.2, -0.15) is 0 Å². The average Bonchev–Trinajstić information content (AvgIpc) is 3.24. The summed E-state index contributed by atoms with van der Waals surface area (Å²) in [6, 6.07) is 4.11. The second-order valence-corrected chi connectivity index (χ2v) is 7.40. The Kier molecular flexibility index (Phi) is 4.12. The number of aromatic amines is 1. The van der Waals surface area contributed by atoms with Crippen LogP contribution in [-0.2, 0) is 0 Å². The van der Waals surface area contributed by atoms with E-state index in [4.69, 9.17) is 0 Å². The van der Waals surface area contributed by atoms with E-state index in [-0.39, 0.29) is 5.92 Å². The SMILES string of the molecule is CCC(c1cncc(Br)c1)c1ncc(-c2ncnc3[nH]ccc23)s1. The fraction of sp³-hybridized carbons (Fsp3) is 0.176. The maximum atomic E-state index is 4.67. The highest BCUT2D eigenvalue weighted by atomic mass is 79.9. The van der Waals surface area contributed by atoms with Gasteiger partial charge in [-0.1, -0.05) is 6.92 Å². The quantitative estimate of drug-likeness (QED) is 0.535. The van der Waals surface area contributed by atoms with Gasteiger partial charge in [0.25, 0.3) is 0 Å². The molecule has 0 saturated heterocycles. The Morgan fingerprint density at radius 3 is 2.96 bits per heavy atom. The van der Waals surface area contributed by atoms with E-state index in [0.29, 0.717) is 0 Å². The van der Waals surface area contributed by atoms with E-state index in [1.165, 1.54) is 5.56 Å². The molecule has 4 heterocycles. The van der Waals surface area contributed by atoms with Crippen LogP contribution in [-0.4, -0.2) is 24.9 Å². The molecule has 1 N–H and O–H groups in total. The summed E-state index contributed by atoms with van der Waals surface area (Å²) in [5, 5.41) is 2.10. The number of H-pyrrole nitrogens is 1. The van der Waals surface area contributed by atoms with E-state index in [2.05, 4.69) is 53.8 Å². The third-order valence-corrected chi connectivity index (χ3v) is 5.50. The van der Waals surface area contributed by atoms with Crippen LogP contribution in [0.2, 0.25) is 0 Å². The molecule has 0 radical (unpaired) electrons. The van der Waals surface area contributed by atoms with Gasteiger partial charge >= 0.3 is 0 Å². The highest BCUT2D eigenvalue weighted by molar-refractivity contribution is 9.10. The third-order valence-electron chi connectivity index (χ3n) is 3.95. The predicted molar refractivity (Wildman–Crippen MR) is 99.1 cm³/mol. The number of nitrogens with zero attached hydrogens (tertiary/aromatic N) is 4.